The molecule has 1 aliphatic rings. The quantitative estimate of drug-likeness (QED) is 0.883. The van der Waals surface area contributed by atoms with Crippen molar-refractivity contribution in [2.24, 2.45) is 0 Å². The Morgan fingerprint density at radius 2 is 1.89 bits per heavy atom. The van der Waals surface area contributed by atoms with Crippen LogP contribution in [0.25, 0.3) is 11.3 Å². The zero-order valence-corrected chi connectivity index (χ0v) is 11.9. The van der Waals surface area contributed by atoms with Crippen molar-refractivity contribution in [1.29, 1.82) is 0 Å². The summed E-state index contributed by atoms with van der Waals surface area (Å²) in [5.74, 6) is 1.60. The van der Waals surface area contributed by atoms with Crippen molar-refractivity contribution in [3.8, 4) is 11.3 Å². The molecular formula is C14H15Cl2N3. The lowest BCUT2D eigenvalue weighted by molar-refractivity contribution is 0.447. The summed E-state index contributed by atoms with van der Waals surface area (Å²) in [7, 11) is 0. The Labute approximate surface area is 122 Å². The van der Waals surface area contributed by atoms with Crippen molar-refractivity contribution in [2.75, 3.05) is 13.1 Å². The molecule has 1 aromatic carbocycles. The van der Waals surface area contributed by atoms with E-state index in [1.807, 2.05) is 24.4 Å². The maximum Gasteiger partial charge on any atom is 0.109 e. The third-order valence-corrected chi connectivity index (χ3v) is 4.29. The molecule has 100 valence electrons. The second kappa shape index (κ2) is 5.53. The van der Waals surface area contributed by atoms with Gasteiger partial charge in [0.05, 0.1) is 21.9 Å². The summed E-state index contributed by atoms with van der Waals surface area (Å²) in [6, 6.07) is 5.63. The fraction of sp³-hybridized carbons (Fsp3) is 0.357. The van der Waals surface area contributed by atoms with Crippen molar-refractivity contribution < 1.29 is 0 Å². The molecule has 2 aromatic rings. The summed E-state index contributed by atoms with van der Waals surface area (Å²) in [5.41, 5.74) is 2.01. The van der Waals surface area contributed by atoms with Gasteiger partial charge in [0.15, 0.2) is 0 Å². The van der Waals surface area contributed by atoms with Crippen LogP contribution in [0.2, 0.25) is 10.0 Å². The number of halogens is 2. The number of rotatable bonds is 2. The molecule has 0 spiro atoms. The van der Waals surface area contributed by atoms with Crippen LogP contribution in [0.5, 0.6) is 0 Å². The lowest BCUT2D eigenvalue weighted by Gasteiger charge is -2.20. The van der Waals surface area contributed by atoms with E-state index in [1.165, 1.54) is 0 Å². The predicted octanol–water partition coefficient (Wildman–Crippen LogP) is 3.85. The number of nitrogens with zero attached hydrogens (tertiary/aromatic N) is 1. The van der Waals surface area contributed by atoms with E-state index in [2.05, 4.69) is 15.3 Å². The van der Waals surface area contributed by atoms with Crippen LogP contribution in [0, 0.1) is 0 Å². The van der Waals surface area contributed by atoms with Gasteiger partial charge in [-0.25, -0.2) is 4.98 Å². The van der Waals surface area contributed by atoms with Crippen LogP contribution in [0.1, 0.15) is 24.6 Å². The second-order valence-electron chi connectivity index (χ2n) is 4.84. The van der Waals surface area contributed by atoms with Crippen molar-refractivity contribution >= 4 is 23.2 Å². The molecular weight excluding hydrogens is 281 g/mol. The Morgan fingerprint density at radius 1 is 1.11 bits per heavy atom. The van der Waals surface area contributed by atoms with E-state index >= 15 is 0 Å². The number of nitrogens with one attached hydrogen (secondary N) is 2. The molecule has 2 heterocycles. The number of aromatic nitrogens is 2. The van der Waals surface area contributed by atoms with Gasteiger partial charge in [-0.15, -0.1) is 0 Å². The molecule has 1 aliphatic heterocycles. The fourth-order valence-electron chi connectivity index (χ4n) is 2.45. The Hall–Kier alpha value is -1.03. The highest BCUT2D eigenvalue weighted by atomic mass is 35.5. The smallest absolute Gasteiger partial charge is 0.109 e. The van der Waals surface area contributed by atoms with Gasteiger partial charge in [-0.2, -0.15) is 0 Å². The van der Waals surface area contributed by atoms with Gasteiger partial charge >= 0.3 is 0 Å². The molecule has 3 rings (SSSR count). The minimum atomic E-state index is 0.526. The maximum absolute atomic E-state index is 6.04. The molecule has 0 radical (unpaired) electrons. The van der Waals surface area contributed by atoms with Gasteiger partial charge in [-0.3, -0.25) is 0 Å². The molecule has 0 saturated carbocycles. The first kappa shape index (κ1) is 13.0. The van der Waals surface area contributed by atoms with Crippen LogP contribution in [0.3, 0.4) is 0 Å². The number of benzene rings is 1. The lowest BCUT2D eigenvalue weighted by atomic mass is 9.98. The zero-order valence-electron chi connectivity index (χ0n) is 10.4. The zero-order chi connectivity index (χ0) is 13.2. The van der Waals surface area contributed by atoms with E-state index < -0.39 is 0 Å². The third-order valence-electron chi connectivity index (χ3n) is 3.55. The predicted molar refractivity (Wildman–Crippen MR) is 78.9 cm³/mol. The van der Waals surface area contributed by atoms with E-state index in [0.29, 0.717) is 16.0 Å². The molecule has 1 fully saturated rings. The van der Waals surface area contributed by atoms with Gasteiger partial charge in [0.1, 0.15) is 5.82 Å². The SMILES string of the molecule is Clc1ccc(-c2cnc(C3CCNCC3)[nH]2)cc1Cl. The normalized spacial score (nSPS) is 16.7. The van der Waals surface area contributed by atoms with E-state index in [9.17, 15) is 0 Å². The minimum Gasteiger partial charge on any atom is -0.342 e. The molecule has 1 aromatic heterocycles. The number of aromatic amines is 1. The van der Waals surface area contributed by atoms with Crippen molar-refractivity contribution in [1.82, 2.24) is 15.3 Å². The molecule has 0 bridgehead atoms. The number of piperidine rings is 1. The van der Waals surface area contributed by atoms with E-state index in [4.69, 9.17) is 23.2 Å². The van der Waals surface area contributed by atoms with Gasteiger partial charge in [0, 0.05) is 11.5 Å². The minimum absolute atomic E-state index is 0.526. The molecule has 1 saturated heterocycles. The number of hydrogen-bond donors (Lipinski definition) is 2. The molecule has 0 atom stereocenters. The Kier molecular flexibility index (Phi) is 3.78. The molecule has 5 heteroatoms. The van der Waals surface area contributed by atoms with Gasteiger partial charge in [0.2, 0.25) is 0 Å². The van der Waals surface area contributed by atoms with Crippen LogP contribution in [-0.4, -0.2) is 23.1 Å². The molecule has 0 unspecified atom stereocenters. The molecule has 19 heavy (non-hydrogen) atoms. The Balaban J connectivity index is 1.85. The van der Waals surface area contributed by atoms with Crippen LogP contribution in [0.15, 0.2) is 24.4 Å². The van der Waals surface area contributed by atoms with Crippen LogP contribution >= 0.6 is 23.2 Å². The van der Waals surface area contributed by atoms with Gasteiger partial charge in [-0.1, -0.05) is 29.3 Å². The fourth-order valence-corrected chi connectivity index (χ4v) is 2.75. The third kappa shape index (κ3) is 2.78. The molecule has 0 aliphatic carbocycles. The highest BCUT2D eigenvalue weighted by molar-refractivity contribution is 6.42. The average molecular weight is 296 g/mol. The Morgan fingerprint density at radius 3 is 2.63 bits per heavy atom. The summed E-state index contributed by atoms with van der Waals surface area (Å²) in [4.78, 5) is 7.91. The van der Waals surface area contributed by atoms with Gasteiger partial charge < -0.3 is 10.3 Å². The number of H-pyrrole nitrogens is 1. The lowest BCUT2D eigenvalue weighted by Crippen LogP contribution is -2.27. The van der Waals surface area contributed by atoms with E-state index in [1.54, 1.807) is 0 Å². The van der Waals surface area contributed by atoms with Crippen molar-refractivity contribution in [3.05, 3.63) is 40.3 Å². The molecule has 0 amide bonds. The summed E-state index contributed by atoms with van der Waals surface area (Å²) in [5, 5.41) is 4.50. The van der Waals surface area contributed by atoms with Crippen LogP contribution in [-0.2, 0) is 0 Å². The van der Waals surface area contributed by atoms with Crippen molar-refractivity contribution in [3.63, 3.8) is 0 Å². The summed E-state index contributed by atoms with van der Waals surface area (Å²) in [6.45, 7) is 2.13. The van der Waals surface area contributed by atoms with Crippen LogP contribution in [0.4, 0.5) is 0 Å². The topological polar surface area (TPSA) is 40.7 Å². The van der Waals surface area contributed by atoms with Crippen molar-refractivity contribution in [2.45, 2.75) is 18.8 Å². The first-order valence-electron chi connectivity index (χ1n) is 6.45. The first-order chi connectivity index (χ1) is 9.24. The van der Waals surface area contributed by atoms with Crippen LogP contribution < -0.4 is 5.32 Å². The summed E-state index contributed by atoms with van der Waals surface area (Å²) >= 11 is 12.0. The largest absolute Gasteiger partial charge is 0.342 e. The average Bonchev–Trinajstić information content (AvgIpc) is 2.93. The van der Waals surface area contributed by atoms with Gasteiger partial charge in [0.25, 0.3) is 0 Å². The van der Waals surface area contributed by atoms with Gasteiger partial charge in [-0.05, 0) is 38.1 Å². The highest BCUT2D eigenvalue weighted by Gasteiger charge is 2.18. The maximum atomic E-state index is 6.04. The standard InChI is InChI=1S/C14H15Cl2N3/c15-11-2-1-10(7-12(11)16)13-8-18-14(19-13)9-3-5-17-6-4-9/h1-2,7-9,17H,3-6H2,(H,18,19). The Bertz CT molecular complexity index is 574. The second-order valence-corrected chi connectivity index (χ2v) is 5.65. The first-order valence-corrected chi connectivity index (χ1v) is 7.20. The van der Waals surface area contributed by atoms with E-state index in [0.717, 1.165) is 43.0 Å². The number of hydrogen-bond acceptors (Lipinski definition) is 2. The summed E-state index contributed by atoms with van der Waals surface area (Å²) in [6.07, 6.45) is 4.14. The number of imidazole rings is 1. The molecule has 3 nitrogen and oxygen atoms in total. The molecule has 2 N–H and O–H groups in total. The van der Waals surface area contributed by atoms with E-state index in [-0.39, 0.29) is 0 Å². The summed E-state index contributed by atoms with van der Waals surface area (Å²) < 4.78 is 0. The highest BCUT2D eigenvalue weighted by Crippen LogP contribution is 2.29. The monoisotopic (exact) mass is 295 g/mol.